The topological polar surface area (TPSA) is 59.8 Å². The van der Waals surface area contributed by atoms with Gasteiger partial charge in [-0.1, -0.05) is 54.9 Å². The standard InChI is InChI=1S/C22H24ClFN4OS/c1-3-4-5-21(29)25-13-20-26-27-22(30-14-16-7-10-18(24)11-8-16)28(20)19-12-17(23)9-6-15(19)2/h6-12H,3-5,13-14H2,1-2H3,(H,25,29). The van der Waals surface area contributed by atoms with Gasteiger partial charge in [-0.05, 0) is 48.7 Å². The lowest BCUT2D eigenvalue weighted by atomic mass is 10.2. The molecule has 30 heavy (non-hydrogen) atoms. The number of rotatable bonds is 9. The van der Waals surface area contributed by atoms with Crippen LogP contribution in [0.5, 0.6) is 0 Å². The summed E-state index contributed by atoms with van der Waals surface area (Å²) in [5.41, 5.74) is 2.86. The number of aromatic nitrogens is 3. The molecule has 1 amide bonds. The van der Waals surface area contributed by atoms with Crippen molar-refractivity contribution in [1.82, 2.24) is 20.1 Å². The number of carbonyl (C=O) groups excluding carboxylic acids is 1. The number of aryl methyl sites for hydroxylation is 1. The van der Waals surface area contributed by atoms with Crippen LogP contribution in [0.1, 0.15) is 43.1 Å². The SMILES string of the molecule is CCCCC(=O)NCc1nnc(SCc2ccc(F)cc2)n1-c1cc(Cl)ccc1C. The van der Waals surface area contributed by atoms with Crippen LogP contribution in [0.3, 0.4) is 0 Å². The number of carbonyl (C=O) groups is 1. The first kappa shape index (κ1) is 22.3. The fourth-order valence-electron chi connectivity index (χ4n) is 2.91. The van der Waals surface area contributed by atoms with Crippen LogP contribution < -0.4 is 5.32 Å². The highest BCUT2D eigenvalue weighted by Crippen LogP contribution is 2.28. The molecule has 0 aliphatic carbocycles. The summed E-state index contributed by atoms with van der Waals surface area (Å²) < 4.78 is 15.1. The fraction of sp³-hybridized carbons (Fsp3) is 0.318. The second-order valence-electron chi connectivity index (χ2n) is 6.96. The van der Waals surface area contributed by atoms with Gasteiger partial charge in [-0.2, -0.15) is 0 Å². The van der Waals surface area contributed by atoms with Crippen molar-refractivity contribution < 1.29 is 9.18 Å². The van der Waals surface area contributed by atoms with Crippen molar-refractivity contribution in [2.75, 3.05) is 0 Å². The summed E-state index contributed by atoms with van der Waals surface area (Å²) in [7, 11) is 0. The smallest absolute Gasteiger partial charge is 0.220 e. The molecule has 0 unspecified atom stereocenters. The lowest BCUT2D eigenvalue weighted by Crippen LogP contribution is -2.24. The van der Waals surface area contributed by atoms with Crippen LogP contribution in [-0.4, -0.2) is 20.7 Å². The average Bonchev–Trinajstić information content (AvgIpc) is 3.14. The lowest BCUT2D eigenvalue weighted by Gasteiger charge is -2.14. The number of amides is 1. The van der Waals surface area contributed by atoms with Crippen molar-refractivity contribution in [2.24, 2.45) is 0 Å². The summed E-state index contributed by atoms with van der Waals surface area (Å²) in [4.78, 5) is 12.1. The summed E-state index contributed by atoms with van der Waals surface area (Å²) in [6.07, 6.45) is 2.31. The van der Waals surface area contributed by atoms with E-state index < -0.39 is 0 Å². The number of hydrogen-bond donors (Lipinski definition) is 1. The van der Waals surface area contributed by atoms with Gasteiger partial charge >= 0.3 is 0 Å². The Morgan fingerprint density at radius 2 is 1.97 bits per heavy atom. The maximum Gasteiger partial charge on any atom is 0.220 e. The second kappa shape index (κ2) is 10.6. The van der Waals surface area contributed by atoms with Crippen molar-refractivity contribution >= 4 is 29.3 Å². The lowest BCUT2D eigenvalue weighted by molar-refractivity contribution is -0.121. The summed E-state index contributed by atoms with van der Waals surface area (Å²) in [5.74, 6) is 0.977. The molecule has 1 N–H and O–H groups in total. The highest BCUT2D eigenvalue weighted by molar-refractivity contribution is 7.98. The molecule has 0 fully saturated rings. The maximum absolute atomic E-state index is 13.2. The molecular weight excluding hydrogens is 423 g/mol. The molecule has 1 aromatic heterocycles. The highest BCUT2D eigenvalue weighted by Gasteiger charge is 2.17. The van der Waals surface area contributed by atoms with E-state index in [1.54, 1.807) is 12.1 Å². The molecule has 2 aromatic carbocycles. The zero-order valence-electron chi connectivity index (χ0n) is 17.0. The molecule has 1 heterocycles. The van der Waals surface area contributed by atoms with Crippen LogP contribution >= 0.6 is 23.4 Å². The van der Waals surface area contributed by atoms with Crippen molar-refractivity contribution in [1.29, 1.82) is 0 Å². The van der Waals surface area contributed by atoms with Gasteiger partial charge in [0.05, 0.1) is 12.2 Å². The monoisotopic (exact) mass is 446 g/mol. The summed E-state index contributed by atoms with van der Waals surface area (Å²) in [6, 6.07) is 12.0. The Balaban J connectivity index is 1.86. The van der Waals surface area contributed by atoms with Crippen molar-refractivity contribution in [2.45, 2.75) is 50.6 Å². The summed E-state index contributed by atoms with van der Waals surface area (Å²) in [6.45, 7) is 4.32. The first-order valence-electron chi connectivity index (χ1n) is 9.82. The third-order valence-corrected chi connectivity index (χ3v) is 5.83. The quantitative estimate of drug-likeness (QED) is 0.443. The first-order chi connectivity index (χ1) is 14.5. The minimum Gasteiger partial charge on any atom is -0.349 e. The highest BCUT2D eigenvalue weighted by atomic mass is 35.5. The molecule has 0 atom stereocenters. The van der Waals surface area contributed by atoms with Gasteiger partial charge in [0.1, 0.15) is 5.82 Å². The maximum atomic E-state index is 13.2. The van der Waals surface area contributed by atoms with E-state index in [1.165, 1.54) is 23.9 Å². The number of benzene rings is 2. The first-order valence-corrected chi connectivity index (χ1v) is 11.2. The van der Waals surface area contributed by atoms with Gasteiger partial charge in [0.2, 0.25) is 5.91 Å². The van der Waals surface area contributed by atoms with E-state index in [-0.39, 0.29) is 18.3 Å². The second-order valence-corrected chi connectivity index (χ2v) is 8.34. The molecule has 0 radical (unpaired) electrons. The molecular formula is C22H24ClFN4OS. The average molecular weight is 447 g/mol. The van der Waals surface area contributed by atoms with Crippen LogP contribution in [0.15, 0.2) is 47.6 Å². The molecule has 0 saturated carbocycles. The van der Waals surface area contributed by atoms with Gasteiger partial charge in [0, 0.05) is 17.2 Å². The van der Waals surface area contributed by atoms with E-state index in [2.05, 4.69) is 22.4 Å². The largest absolute Gasteiger partial charge is 0.349 e. The van der Waals surface area contributed by atoms with E-state index in [0.29, 0.717) is 28.2 Å². The minimum absolute atomic E-state index is 0.00488. The number of nitrogens with one attached hydrogen (secondary N) is 1. The van der Waals surface area contributed by atoms with E-state index >= 15 is 0 Å². The number of hydrogen-bond acceptors (Lipinski definition) is 4. The van der Waals surface area contributed by atoms with Gasteiger partial charge in [0.15, 0.2) is 11.0 Å². The predicted octanol–water partition coefficient (Wildman–Crippen LogP) is 5.47. The number of halogens is 2. The van der Waals surface area contributed by atoms with Crippen molar-refractivity contribution in [3.8, 4) is 5.69 Å². The van der Waals surface area contributed by atoms with Crippen LogP contribution in [0.2, 0.25) is 5.02 Å². The van der Waals surface area contributed by atoms with Gasteiger partial charge in [-0.25, -0.2) is 4.39 Å². The number of nitrogens with zero attached hydrogens (tertiary/aromatic N) is 3. The van der Waals surface area contributed by atoms with E-state index in [0.717, 1.165) is 29.7 Å². The third-order valence-electron chi connectivity index (χ3n) is 4.59. The minimum atomic E-state index is -0.262. The Labute approximate surface area is 185 Å². The van der Waals surface area contributed by atoms with Gasteiger partial charge < -0.3 is 5.32 Å². The van der Waals surface area contributed by atoms with Crippen molar-refractivity contribution in [3.63, 3.8) is 0 Å². The van der Waals surface area contributed by atoms with Crippen LogP contribution in [-0.2, 0) is 17.1 Å². The predicted molar refractivity (Wildman–Crippen MR) is 118 cm³/mol. The molecule has 3 rings (SSSR count). The molecule has 158 valence electrons. The Morgan fingerprint density at radius 1 is 1.20 bits per heavy atom. The number of thioether (sulfide) groups is 1. The van der Waals surface area contributed by atoms with Crippen LogP contribution in [0.4, 0.5) is 4.39 Å². The van der Waals surface area contributed by atoms with E-state index in [9.17, 15) is 9.18 Å². The molecule has 8 heteroatoms. The van der Waals surface area contributed by atoms with Crippen LogP contribution in [0, 0.1) is 12.7 Å². The van der Waals surface area contributed by atoms with E-state index in [1.807, 2.05) is 29.7 Å². The molecule has 0 aliphatic heterocycles. The molecule has 0 aliphatic rings. The molecule has 5 nitrogen and oxygen atoms in total. The zero-order chi connectivity index (χ0) is 21.5. The Bertz CT molecular complexity index is 1010. The Morgan fingerprint density at radius 3 is 2.70 bits per heavy atom. The summed E-state index contributed by atoms with van der Waals surface area (Å²) in [5, 5.41) is 12.9. The van der Waals surface area contributed by atoms with Crippen molar-refractivity contribution in [3.05, 3.63) is 70.3 Å². The van der Waals surface area contributed by atoms with E-state index in [4.69, 9.17) is 11.6 Å². The molecule has 0 saturated heterocycles. The normalized spacial score (nSPS) is 10.9. The number of unbranched alkanes of at least 4 members (excludes halogenated alkanes) is 1. The van der Waals surface area contributed by atoms with Gasteiger partial charge in [-0.3, -0.25) is 9.36 Å². The van der Waals surface area contributed by atoms with Gasteiger partial charge in [-0.15, -0.1) is 10.2 Å². The van der Waals surface area contributed by atoms with Crippen LogP contribution in [0.25, 0.3) is 5.69 Å². The molecule has 0 spiro atoms. The van der Waals surface area contributed by atoms with Gasteiger partial charge in [0.25, 0.3) is 0 Å². The Hall–Kier alpha value is -2.38. The Kier molecular flexibility index (Phi) is 7.87. The molecule has 3 aromatic rings. The zero-order valence-corrected chi connectivity index (χ0v) is 18.6. The third kappa shape index (κ3) is 5.83. The fourth-order valence-corrected chi connectivity index (χ4v) is 3.99. The summed E-state index contributed by atoms with van der Waals surface area (Å²) >= 11 is 7.74. The molecule has 0 bridgehead atoms.